The SMILES string of the molecule is CSCCN1CCC(NC(=O)c2cccc(C3C(C)NNC3C)c2)CC1. The minimum absolute atomic E-state index is 0.0636. The van der Waals surface area contributed by atoms with E-state index in [1.165, 1.54) is 11.3 Å². The van der Waals surface area contributed by atoms with Gasteiger partial charge in [0.05, 0.1) is 0 Å². The summed E-state index contributed by atoms with van der Waals surface area (Å²) in [7, 11) is 0. The number of thioether (sulfide) groups is 1. The minimum Gasteiger partial charge on any atom is -0.349 e. The molecule has 0 radical (unpaired) electrons. The van der Waals surface area contributed by atoms with Crippen molar-refractivity contribution in [3.8, 4) is 0 Å². The molecule has 2 aliphatic rings. The molecule has 2 aliphatic heterocycles. The van der Waals surface area contributed by atoms with Gasteiger partial charge in [0.2, 0.25) is 0 Å². The summed E-state index contributed by atoms with van der Waals surface area (Å²) < 4.78 is 0. The molecule has 3 rings (SSSR count). The van der Waals surface area contributed by atoms with Gasteiger partial charge < -0.3 is 10.2 Å². The van der Waals surface area contributed by atoms with E-state index in [-0.39, 0.29) is 5.91 Å². The Morgan fingerprint density at radius 1 is 1.23 bits per heavy atom. The van der Waals surface area contributed by atoms with E-state index in [4.69, 9.17) is 0 Å². The second kappa shape index (κ2) is 9.22. The average molecular weight is 377 g/mol. The first-order chi connectivity index (χ1) is 12.6. The standard InChI is InChI=1S/C20H32N4OS/c1-14-19(15(2)23-22-14)16-5-4-6-17(13-16)20(25)21-18-7-9-24(10-8-18)11-12-26-3/h4-6,13-15,18-19,22-23H,7-12H2,1-3H3,(H,21,25). The van der Waals surface area contributed by atoms with Crippen LogP contribution >= 0.6 is 11.8 Å². The highest BCUT2D eigenvalue weighted by atomic mass is 32.2. The van der Waals surface area contributed by atoms with E-state index in [0.717, 1.165) is 38.0 Å². The third-order valence-electron chi connectivity index (χ3n) is 5.68. The number of hydrogen-bond acceptors (Lipinski definition) is 5. The van der Waals surface area contributed by atoms with E-state index < -0.39 is 0 Å². The maximum absolute atomic E-state index is 12.7. The summed E-state index contributed by atoms with van der Waals surface area (Å²) in [5.74, 6) is 1.63. The molecule has 3 N–H and O–H groups in total. The molecule has 2 atom stereocenters. The first kappa shape index (κ1) is 19.7. The molecular weight excluding hydrogens is 344 g/mol. The number of nitrogens with zero attached hydrogens (tertiary/aromatic N) is 1. The van der Waals surface area contributed by atoms with Crippen LogP contribution in [0.2, 0.25) is 0 Å². The van der Waals surface area contributed by atoms with E-state index in [9.17, 15) is 4.79 Å². The second-order valence-electron chi connectivity index (χ2n) is 7.60. The van der Waals surface area contributed by atoms with Crippen LogP contribution in [0.25, 0.3) is 0 Å². The monoisotopic (exact) mass is 376 g/mol. The van der Waals surface area contributed by atoms with Crippen LogP contribution < -0.4 is 16.2 Å². The molecule has 0 spiro atoms. The number of hydrazine groups is 1. The molecule has 0 aliphatic carbocycles. The van der Waals surface area contributed by atoms with E-state index in [1.54, 1.807) is 0 Å². The van der Waals surface area contributed by atoms with Gasteiger partial charge in [-0.3, -0.25) is 15.6 Å². The number of piperidine rings is 1. The summed E-state index contributed by atoms with van der Waals surface area (Å²) in [4.78, 5) is 15.2. The molecule has 2 heterocycles. The third kappa shape index (κ3) is 4.80. The Kier molecular flexibility index (Phi) is 6.98. The Balaban J connectivity index is 1.56. The van der Waals surface area contributed by atoms with Crippen molar-refractivity contribution in [1.82, 2.24) is 21.1 Å². The van der Waals surface area contributed by atoms with Crippen LogP contribution in [0, 0.1) is 0 Å². The molecule has 1 amide bonds. The smallest absolute Gasteiger partial charge is 0.251 e. The van der Waals surface area contributed by atoms with Gasteiger partial charge in [0.15, 0.2) is 0 Å². The number of amides is 1. The van der Waals surface area contributed by atoms with Crippen molar-refractivity contribution in [1.29, 1.82) is 0 Å². The molecule has 0 saturated carbocycles. The van der Waals surface area contributed by atoms with Gasteiger partial charge in [0.1, 0.15) is 0 Å². The van der Waals surface area contributed by atoms with Crippen molar-refractivity contribution in [3.05, 3.63) is 35.4 Å². The van der Waals surface area contributed by atoms with Crippen molar-refractivity contribution in [2.24, 2.45) is 0 Å². The lowest BCUT2D eigenvalue weighted by Crippen LogP contribution is -2.45. The zero-order valence-electron chi connectivity index (χ0n) is 16.1. The van der Waals surface area contributed by atoms with Crippen molar-refractivity contribution in [2.75, 3.05) is 31.6 Å². The minimum atomic E-state index is 0.0636. The highest BCUT2D eigenvalue weighted by molar-refractivity contribution is 7.98. The fourth-order valence-electron chi connectivity index (χ4n) is 4.13. The molecule has 0 bridgehead atoms. The molecule has 2 unspecified atom stereocenters. The number of likely N-dealkylation sites (tertiary alicyclic amines) is 1. The number of carbonyl (C=O) groups excluding carboxylic acids is 1. The van der Waals surface area contributed by atoms with Gasteiger partial charge in [-0.2, -0.15) is 11.8 Å². The number of benzene rings is 1. The van der Waals surface area contributed by atoms with Crippen LogP contribution in [-0.2, 0) is 0 Å². The van der Waals surface area contributed by atoms with Crippen LogP contribution in [0.1, 0.15) is 48.5 Å². The summed E-state index contributed by atoms with van der Waals surface area (Å²) in [6.07, 6.45) is 4.25. The first-order valence-electron chi connectivity index (χ1n) is 9.71. The Morgan fingerprint density at radius 3 is 2.58 bits per heavy atom. The lowest BCUT2D eigenvalue weighted by Gasteiger charge is -2.32. The lowest BCUT2D eigenvalue weighted by molar-refractivity contribution is 0.0913. The molecule has 26 heavy (non-hydrogen) atoms. The molecule has 0 aromatic heterocycles. The summed E-state index contributed by atoms with van der Waals surface area (Å²) in [5, 5.41) is 3.25. The molecule has 1 aromatic rings. The number of nitrogens with one attached hydrogen (secondary N) is 3. The van der Waals surface area contributed by atoms with Crippen LogP contribution in [-0.4, -0.2) is 60.6 Å². The number of carbonyl (C=O) groups is 1. The average Bonchev–Trinajstić information content (AvgIpc) is 2.99. The normalized spacial score (nSPS) is 27.6. The van der Waals surface area contributed by atoms with Gasteiger partial charge in [-0.25, -0.2) is 0 Å². The van der Waals surface area contributed by atoms with Crippen LogP contribution in [0.4, 0.5) is 0 Å². The zero-order chi connectivity index (χ0) is 18.5. The van der Waals surface area contributed by atoms with Gasteiger partial charge in [0.25, 0.3) is 5.91 Å². The Morgan fingerprint density at radius 2 is 1.92 bits per heavy atom. The fourth-order valence-corrected chi connectivity index (χ4v) is 4.57. The maximum Gasteiger partial charge on any atom is 0.251 e. The van der Waals surface area contributed by atoms with Crippen molar-refractivity contribution < 1.29 is 4.79 Å². The molecule has 2 fully saturated rings. The van der Waals surface area contributed by atoms with Gasteiger partial charge >= 0.3 is 0 Å². The summed E-state index contributed by atoms with van der Waals surface area (Å²) in [5.41, 5.74) is 8.59. The molecule has 5 nitrogen and oxygen atoms in total. The van der Waals surface area contributed by atoms with E-state index in [0.29, 0.717) is 24.0 Å². The van der Waals surface area contributed by atoms with Crippen LogP contribution in [0.15, 0.2) is 24.3 Å². The number of rotatable bonds is 6. The molecule has 144 valence electrons. The third-order valence-corrected chi connectivity index (χ3v) is 6.27. The second-order valence-corrected chi connectivity index (χ2v) is 8.59. The lowest BCUT2D eigenvalue weighted by atomic mass is 9.88. The van der Waals surface area contributed by atoms with Crippen molar-refractivity contribution >= 4 is 17.7 Å². The largest absolute Gasteiger partial charge is 0.349 e. The number of hydrogen-bond donors (Lipinski definition) is 3. The molecule has 2 saturated heterocycles. The Bertz CT molecular complexity index is 593. The highest BCUT2D eigenvalue weighted by Gasteiger charge is 2.31. The van der Waals surface area contributed by atoms with Crippen LogP contribution in [0.3, 0.4) is 0 Å². The molecule has 1 aromatic carbocycles. The van der Waals surface area contributed by atoms with Crippen LogP contribution in [0.5, 0.6) is 0 Å². The van der Waals surface area contributed by atoms with Gasteiger partial charge in [-0.05, 0) is 50.6 Å². The van der Waals surface area contributed by atoms with Gasteiger partial charge in [-0.1, -0.05) is 12.1 Å². The fraction of sp³-hybridized carbons (Fsp3) is 0.650. The quantitative estimate of drug-likeness (QED) is 0.711. The van der Waals surface area contributed by atoms with E-state index in [1.807, 2.05) is 23.9 Å². The molecule has 6 heteroatoms. The summed E-state index contributed by atoms with van der Waals surface area (Å²) >= 11 is 1.90. The zero-order valence-corrected chi connectivity index (χ0v) is 16.9. The van der Waals surface area contributed by atoms with Gasteiger partial charge in [-0.15, -0.1) is 0 Å². The Labute approximate surface area is 161 Å². The molecular formula is C20H32N4OS. The van der Waals surface area contributed by atoms with E-state index >= 15 is 0 Å². The van der Waals surface area contributed by atoms with Crippen molar-refractivity contribution in [2.45, 2.75) is 50.7 Å². The summed E-state index contributed by atoms with van der Waals surface area (Å²) in [6.45, 7) is 7.68. The highest BCUT2D eigenvalue weighted by Crippen LogP contribution is 2.27. The predicted octanol–water partition coefficient (Wildman–Crippen LogP) is 2.21. The topological polar surface area (TPSA) is 56.4 Å². The maximum atomic E-state index is 12.7. The first-order valence-corrected chi connectivity index (χ1v) is 11.1. The predicted molar refractivity (Wildman–Crippen MR) is 110 cm³/mol. The summed E-state index contributed by atoms with van der Waals surface area (Å²) in [6, 6.07) is 9.14. The van der Waals surface area contributed by atoms with Gasteiger partial charge in [0, 0.05) is 55.0 Å². The Hall–Kier alpha value is -1.08. The van der Waals surface area contributed by atoms with E-state index in [2.05, 4.69) is 53.3 Å². The van der Waals surface area contributed by atoms with Crippen molar-refractivity contribution in [3.63, 3.8) is 0 Å².